The number of fused-ring (bicyclic) bond motifs is 1. The number of aromatic nitrogens is 2. The van der Waals surface area contributed by atoms with Crippen LogP contribution in [0, 0.1) is 12.8 Å². The lowest BCUT2D eigenvalue weighted by molar-refractivity contribution is 0.00508. The second kappa shape index (κ2) is 3.68. The van der Waals surface area contributed by atoms with Crippen LogP contribution in [0.2, 0.25) is 0 Å². The largest absolute Gasteiger partial charge is 0.376 e. The summed E-state index contributed by atoms with van der Waals surface area (Å²) < 4.78 is 5.64. The van der Waals surface area contributed by atoms with E-state index >= 15 is 0 Å². The summed E-state index contributed by atoms with van der Waals surface area (Å²) in [5, 5.41) is 3.27. The lowest BCUT2D eigenvalue weighted by atomic mass is 9.72. The molecule has 3 N–H and O–H groups in total. The van der Waals surface area contributed by atoms with Crippen LogP contribution in [0.3, 0.4) is 0 Å². The molecule has 0 bridgehead atoms. The Bertz CT molecular complexity index is 397. The molecule has 1 aliphatic carbocycles. The average molecular weight is 220 g/mol. The number of nitrogens with two attached hydrogens (primary N) is 1. The Hall–Kier alpha value is -1.20. The molecule has 0 aromatic carbocycles. The summed E-state index contributed by atoms with van der Waals surface area (Å²) >= 11 is 0. The Labute approximate surface area is 94.4 Å². The van der Waals surface area contributed by atoms with Crippen molar-refractivity contribution < 1.29 is 4.74 Å². The predicted octanol–water partition coefficient (Wildman–Crippen LogP) is 0.312. The third-order valence-electron chi connectivity index (χ3n) is 3.54. The molecular weight excluding hydrogens is 204 g/mol. The molecule has 1 saturated carbocycles. The van der Waals surface area contributed by atoms with Crippen molar-refractivity contribution in [2.45, 2.75) is 31.5 Å². The van der Waals surface area contributed by atoms with Crippen molar-refractivity contribution in [3.8, 4) is 0 Å². The van der Waals surface area contributed by atoms with Gasteiger partial charge >= 0.3 is 0 Å². The molecule has 2 heterocycles. The smallest absolute Gasteiger partial charge is 0.223 e. The first-order valence-electron chi connectivity index (χ1n) is 5.69. The highest BCUT2D eigenvalue weighted by molar-refractivity contribution is 5.31. The van der Waals surface area contributed by atoms with Crippen molar-refractivity contribution in [1.29, 1.82) is 0 Å². The van der Waals surface area contributed by atoms with E-state index in [4.69, 9.17) is 10.5 Å². The monoisotopic (exact) mass is 220 g/mol. The van der Waals surface area contributed by atoms with Gasteiger partial charge in [0, 0.05) is 30.5 Å². The summed E-state index contributed by atoms with van der Waals surface area (Å²) in [4.78, 5) is 8.49. The summed E-state index contributed by atoms with van der Waals surface area (Å²) in [6.45, 7) is 2.78. The summed E-state index contributed by atoms with van der Waals surface area (Å²) in [6.07, 6.45) is 3.08. The summed E-state index contributed by atoms with van der Waals surface area (Å²) in [6, 6.07) is 2.20. The fraction of sp³-hybridized carbons (Fsp3) is 0.636. The molecule has 1 aromatic heterocycles. The number of anilines is 1. The van der Waals surface area contributed by atoms with Crippen molar-refractivity contribution in [3.05, 3.63) is 18.0 Å². The molecule has 0 amide bonds. The van der Waals surface area contributed by atoms with Crippen LogP contribution in [0.1, 0.15) is 12.1 Å². The number of rotatable bonds is 2. The molecule has 4 unspecified atom stereocenters. The molecule has 1 aromatic rings. The fourth-order valence-corrected chi connectivity index (χ4v) is 2.60. The fourth-order valence-electron chi connectivity index (χ4n) is 2.60. The zero-order valence-electron chi connectivity index (χ0n) is 9.26. The lowest BCUT2D eigenvalue weighted by Gasteiger charge is -2.45. The standard InChI is InChI=1S/C11H16N4O/c1-6-2-4-13-11(14-6)15-9-8(12)7-3-5-16-10(7)9/h2,4,7-10H,3,5,12H2,1H3,(H,13,14,15). The number of aryl methyl sites for hydroxylation is 1. The van der Waals surface area contributed by atoms with Gasteiger partial charge in [-0.05, 0) is 19.4 Å². The highest BCUT2D eigenvalue weighted by Crippen LogP contribution is 2.38. The SMILES string of the molecule is Cc1ccnc(NC2C(N)C3CCOC32)n1. The van der Waals surface area contributed by atoms with E-state index in [0.717, 1.165) is 18.7 Å². The number of hydrogen-bond acceptors (Lipinski definition) is 5. The van der Waals surface area contributed by atoms with Crippen molar-refractivity contribution >= 4 is 5.95 Å². The maximum Gasteiger partial charge on any atom is 0.223 e. The third kappa shape index (κ3) is 1.47. The van der Waals surface area contributed by atoms with Gasteiger partial charge in [0.05, 0.1) is 12.1 Å². The van der Waals surface area contributed by atoms with Gasteiger partial charge in [0.25, 0.3) is 0 Å². The second-order valence-electron chi connectivity index (χ2n) is 4.56. The Morgan fingerprint density at radius 1 is 1.56 bits per heavy atom. The van der Waals surface area contributed by atoms with Gasteiger partial charge in [-0.1, -0.05) is 0 Å². The summed E-state index contributed by atoms with van der Waals surface area (Å²) in [5.41, 5.74) is 7.05. The number of ether oxygens (including phenoxy) is 1. The summed E-state index contributed by atoms with van der Waals surface area (Å²) in [5.74, 6) is 1.16. The van der Waals surface area contributed by atoms with Crippen LogP contribution < -0.4 is 11.1 Å². The van der Waals surface area contributed by atoms with E-state index in [1.54, 1.807) is 6.20 Å². The number of nitrogens with one attached hydrogen (secondary N) is 1. The normalized spacial score (nSPS) is 36.6. The van der Waals surface area contributed by atoms with Crippen molar-refractivity contribution in [3.63, 3.8) is 0 Å². The van der Waals surface area contributed by atoms with E-state index < -0.39 is 0 Å². The molecule has 3 rings (SSSR count). The van der Waals surface area contributed by atoms with Crippen LogP contribution >= 0.6 is 0 Å². The van der Waals surface area contributed by atoms with Crippen LogP contribution in [0.4, 0.5) is 5.95 Å². The molecule has 86 valence electrons. The van der Waals surface area contributed by atoms with Crippen LogP contribution in [0.15, 0.2) is 12.3 Å². The van der Waals surface area contributed by atoms with Crippen LogP contribution in [0.5, 0.6) is 0 Å². The summed E-state index contributed by atoms with van der Waals surface area (Å²) in [7, 11) is 0. The van der Waals surface area contributed by atoms with E-state index in [2.05, 4.69) is 15.3 Å². The van der Waals surface area contributed by atoms with Gasteiger partial charge in [-0.2, -0.15) is 0 Å². The van der Waals surface area contributed by atoms with E-state index in [0.29, 0.717) is 11.9 Å². The zero-order chi connectivity index (χ0) is 11.1. The highest BCUT2D eigenvalue weighted by Gasteiger charge is 2.52. The first-order valence-corrected chi connectivity index (χ1v) is 5.69. The quantitative estimate of drug-likeness (QED) is 0.750. The van der Waals surface area contributed by atoms with Crippen LogP contribution in [0.25, 0.3) is 0 Å². The molecule has 0 radical (unpaired) electrons. The topological polar surface area (TPSA) is 73.1 Å². The van der Waals surface area contributed by atoms with Crippen LogP contribution in [-0.2, 0) is 4.74 Å². The van der Waals surface area contributed by atoms with Gasteiger partial charge in [0.15, 0.2) is 0 Å². The second-order valence-corrected chi connectivity index (χ2v) is 4.56. The van der Waals surface area contributed by atoms with Gasteiger partial charge < -0.3 is 15.8 Å². The molecule has 1 saturated heterocycles. The van der Waals surface area contributed by atoms with Crippen molar-refractivity contribution in [2.75, 3.05) is 11.9 Å². The minimum atomic E-state index is 0.161. The van der Waals surface area contributed by atoms with Crippen molar-refractivity contribution in [1.82, 2.24) is 9.97 Å². The maximum atomic E-state index is 6.10. The van der Waals surface area contributed by atoms with Gasteiger partial charge in [0.1, 0.15) is 0 Å². The minimum Gasteiger partial charge on any atom is -0.376 e. The van der Waals surface area contributed by atoms with Crippen molar-refractivity contribution in [2.24, 2.45) is 11.7 Å². The van der Waals surface area contributed by atoms with E-state index in [-0.39, 0.29) is 18.2 Å². The molecule has 5 nitrogen and oxygen atoms in total. The molecular formula is C11H16N4O. The molecule has 5 heteroatoms. The molecule has 16 heavy (non-hydrogen) atoms. The Morgan fingerprint density at radius 2 is 2.44 bits per heavy atom. The minimum absolute atomic E-state index is 0.161. The molecule has 2 aliphatic rings. The average Bonchev–Trinajstić information content (AvgIpc) is 2.70. The Balaban J connectivity index is 1.71. The van der Waals surface area contributed by atoms with Gasteiger partial charge in [-0.15, -0.1) is 0 Å². The van der Waals surface area contributed by atoms with Gasteiger partial charge in [-0.3, -0.25) is 0 Å². The van der Waals surface area contributed by atoms with E-state index in [9.17, 15) is 0 Å². The number of nitrogens with zero attached hydrogens (tertiary/aromatic N) is 2. The zero-order valence-corrected chi connectivity index (χ0v) is 9.26. The predicted molar refractivity (Wildman–Crippen MR) is 60.0 cm³/mol. The van der Waals surface area contributed by atoms with Gasteiger partial charge in [0.2, 0.25) is 5.95 Å². The van der Waals surface area contributed by atoms with E-state index in [1.807, 2.05) is 13.0 Å². The van der Waals surface area contributed by atoms with Gasteiger partial charge in [-0.25, -0.2) is 9.97 Å². The number of hydrogen-bond donors (Lipinski definition) is 2. The molecule has 4 atom stereocenters. The lowest BCUT2D eigenvalue weighted by Crippen LogP contribution is -2.65. The van der Waals surface area contributed by atoms with E-state index in [1.165, 1.54) is 0 Å². The Morgan fingerprint density at radius 3 is 3.25 bits per heavy atom. The third-order valence-corrected chi connectivity index (χ3v) is 3.54. The molecule has 1 aliphatic heterocycles. The molecule has 2 fully saturated rings. The van der Waals surface area contributed by atoms with Crippen LogP contribution in [-0.4, -0.2) is 34.8 Å². The first-order chi connectivity index (χ1) is 7.75. The Kier molecular flexibility index (Phi) is 2.29. The highest BCUT2D eigenvalue weighted by atomic mass is 16.5. The molecule has 0 spiro atoms. The maximum absolute atomic E-state index is 6.10. The first kappa shape index (κ1) is 9.99.